The molecule has 0 atom stereocenters. The molecule has 2 aliphatic heterocycles. The van der Waals surface area contributed by atoms with Crippen molar-refractivity contribution in [2.75, 3.05) is 26.7 Å². The van der Waals surface area contributed by atoms with Crippen molar-refractivity contribution in [1.82, 2.24) is 4.90 Å². The molecule has 0 aromatic carbocycles. The molecule has 0 aliphatic carbocycles. The first kappa shape index (κ1) is 18.5. The fourth-order valence-corrected chi connectivity index (χ4v) is 2.60. The number of ether oxygens (including phenoxy) is 1. The molecular weight excluding hydrogens is 240 g/mol. The summed E-state index contributed by atoms with van der Waals surface area (Å²) in [6.07, 6.45) is 4.91. The largest absolute Gasteiger partial charge is 0.379 e. The molecule has 19 heavy (non-hydrogen) atoms. The highest BCUT2D eigenvalue weighted by molar-refractivity contribution is 5.01. The Morgan fingerprint density at radius 2 is 1.58 bits per heavy atom. The molecule has 2 fully saturated rings. The summed E-state index contributed by atoms with van der Waals surface area (Å²) in [5, 5.41) is 3.06. The highest BCUT2D eigenvalue weighted by Gasteiger charge is 2.44. The van der Waals surface area contributed by atoms with E-state index in [1.165, 1.54) is 38.8 Å². The van der Waals surface area contributed by atoms with Crippen molar-refractivity contribution in [2.45, 2.75) is 71.4 Å². The Kier molecular flexibility index (Phi) is 8.42. The lowest BCUT2D eigenvalue weighted by atomic mass is 9.94. The van der Waals surface area contributed by atoms with Gasteiger partial charge in [-0.05, 0) is 59.5 Å². The van der Waals surface area contributed by atoms with Gasteiger partial charge in [0.2, 0.25) is 0 Å². The molecule has 0 spiro atoms. The monoisotopic (exact) mass is 272 g/mol. The Morgan fingerprint density at radius 1 is 1.16 bits per heavy atom. The minimum Gasteiger partial charge on any atom is -0.379 e. The van der Waals surface area contributed by atoms with Crippen LogP contribution in [0.1, 0.15) is 60.3 Å². The van der Waals surface area contributed by atoms with E-state index >= 15 is 0 Å². The van der Waals surface area contributed by atoms with E-state index < -0.39 is 0 Å². The Balaban J connectivity index is 0.000000350. The van der Waals surface area contributed by atoms with Gasteiger partial charge in [0.25, 0.3) is 0 Å². The summed E-state index contributed by atoms with van der Waals surface area (Å²) in [5.74, 6) is 0. The Morgan fingerprint density at radius 3 is 1.89 bits per heavy atom. The van der Waals surface area contributed by atoms with Gasteiger partial charge >= 0.3 is 0 Å². The zero-order valence-electron chi connectivity index (χ0n) is 13.7. The lowest BCUT2D eigenvalue weighted by Crippen LogP contribution is -2.40. The zero-order chi connectivity index (χ0) is 14.9. The third kappa shape index (κ3) is 6.00. The highest BCUT2D eigenvalue weighted by atomic mass is 16.5. The molecule has 2 heterocycles. The maximum Gasteiger partial charge on any atom is 0.0994 e. The van der Waals surface area contributed by atoms with Crippen LogP contribution in [0.2, 0.25) is 0 Å². The van der Waals surface area contributed by atoms with Gasteiger partial charge in [0.1, 0.15) is 0 Å². The number of nitroso groups, excluding NO2 is 1. The van der Waals surface area contributed by atoms with Crippen LogP contribution in [0.25, 0.3) is 0 Å². The van der Waals surface area contributed by atoms with E-state index in [1.54, 1.807) is 7.11 Å². The Labute approximate surface area is 118 Å². The number of hydrogen-bond acceptors (Lipinski definition) is 4. The molecule has 114 valence electrons. The minimum atomic E-state index is 0.0417. The van der Waals surface area contributed by atoms with Crippen LogP contribution < -0.4 is 0 Å². The van der Waals surface area contributed by atoms with E-state index in [-0.39, 0.29) is 11.1 Å². The van der Waals surface area contributed by atoms with E-state index in [2.05, 4.69) is 10.1 Å². The number of rotatable bonds is 2. The first-order valence-corrected chi connectivity index (χ1v) is 7.53. The molecule has 0 aromatic rings. The molecule has 0 bridgehead atoms. The average Bonchev–Trinajstić information content (AvgIpc) is 2.91. The third-order valence-corrected chi connectivity index (χ3v) is 3.78. The molecule has 0 unspecified atom stereocenters. The maximum absolute atomic E-state index is 10.2. The molecule has 0 saturated carbocycles. The van der Waals surface area contributed by atoms with Gasteiger partial charge < -0.3 is 4.74 Å². The SMILES string of the molecule is CC.COC(C)(C)C.O=NCC12CCCN1CCC2. The lowest BCUT2D eigenvalue weighted by molar-refractivity contribution is 0.0397. The van der Waals surface area contributed by atoms with E-state index in [4.69, 9.17) is 4.74 Å². The minimum absolute atomic E-state index is 0.0417. The van der Waals surface area contributed by atoms with Crippen molar-refractivity contribution in [3.63, 3.8) is 0 Å². The molecule has 4 nitrogen and oxygen atoms in total. The summed E-state index contributed by atoms with van der Waals surface area (Å²) in [4.78, 5) is 12.7. The van der Waals surface area contributed by atoms with Crippen LogP contribution in [0.3, 0.4) is 0 Å². The number of nitrogens with zero attached hydrogens (tertiary/aromatic N) is 2. The molecule has 2 aliphatic rings. The van der Waals surface area contributed by atoms with Crippen LogP contribution in [-0.4, -0.2) is 42.8 Å². The van der Waals surface area contributed by atoms with Gasteiger partial charge in [-0.2, -0.15) is 4.91 Å². The van der Waals surface area contributed by atoms with Crippen LogP contribution in [0, 0.1) is 4.91 Å². The zero-order valence-corrected chi connectivity index (χ0v) is 13.7. The van der Waals surface area contributed by atoms with Gasteiger partial charge in [-0.15, -0.1) is 0 Å². The number of fused-ring (bicyclic) bond motifs is 1. The normalized spacial score (nSPS) is 20.7. The average molecular weight is 272 g/mol. The first-order chi connectivity index (χ1) is 8.93. The van der Waals surface area contributed by atoms with Crippen molar-refractivity contribution in [3.05, 3.63) is 4.91 Å². The van der Waals surface area contributed by atoms with Crippen LogP contribution in [0.5, 0.6) is 0 Å². The molecule has 0 amide bonds. The second kappa shape index (κ2) is 8.64. The van der Waals surface area contributed by atoms with E-state index in [0.29, 0.717) is 6.54 Å². The van der Waals surface area contributed by atoms with E-state index in [1.807, 2.05) is 34.6 Å². The quantitative estimate of drug-likeness (QED) is 0.717. The number of methoxy groups -OCH3 is 1. The highest BCUT2D eigenvalue weighted by Crippen LogP contribution is 2.38. The summed E-state index contributed by atoms with van der Waals surface area (Å²) in [7, 11) is 1.71. The molecule has 2 saturated heterocycles. The second-order valence-corrected chi connectivity index (χ2v) is 6.02. The maximum atomic E-state index is 10.2. The smallest absolute Gasteiger partial charge is 0.0994 e. The van der Waals surface area contributed by atoms with Gasteiger partial charge in [0.15, 0.2) is 0 Å². The molecule has 0 N–H and O–H groups in total. The summed E-state index contributed by atoms with van der Waals surface area (Å²) in [5.41, 5.74) is 0.252. The standard InChI is InChI=1S/C8H14N2O.C5H12O.C2H6/c11-9-7-8-3-1-5-10(8)6-2-4-8;1-5(2,3)6-4;1-2/h1-7H2;1-4H3;1-2H3. The van der Waals surface area contributed by atoms with Crippen molar-refractivity contribution < 1.29 is 4.74 Å². The van der Waals surface area contributed by atoms with Crippen molar-refractivity contribution >= 4 is 0 Å². The Hall–Kier alpha value is -0.480. The topological polar surface area (TPSA) is 41.9 Å². The van der Waals surface area contributed by atoms with Crippen molar-refractivity contribution in [1.29, 1.82) is 0 Å². The lowest BCUT2D eigenvalue weighted by Gasteiger charge is -2.28. The molecule has 0 aromatic heterocycles. The predicted octanol–water partition coefficient (Wildman–Crippen LogP) is 3.84. The van der Waals surface area contributed by atoms with Crippen molar-refractivity contribution in [2.24, 2.45) is 5.18 Å². The fraction of sp³-hybridized carbons (Fsp3) is 1.00. The van der Waals surface area contributed by atoms with Gasteiger partial charge in [-0.3, -0.25) is 4.90 Å². The summed E-state index contributed by atoms with van der Waals surface area (Å²) in [6, 6.07) is 0. The second-order valence-electron chi connectivity index (χ2n) is 6.02. The fourth-order valence-electron chi connectivity index (χ4n) is 2.60. The first-order valence-electron chi connectivity index (χ1n) is 7.53. The van der Waals surface area contributed by atoms with Gasteiger partial charge in [-0.1, -0.05) is 19.0 Å². The molecule has 4 heteroatoms. The van der Waals surface area contributed by atoms with Gasteiger partial charge in [0.05, 0.1) is 12.1 Å². The van der Waals surface area contributed by atoms with E-state index in [9.17, 15) is 4.91 Å². The van der Waals surface area contributed by atoms with Crippen molar-refractivity contribution in [3.8, 4) is 0 Å². The van der Waals surface area contributed by atoms with Gasteiger partial charge in [-0.25, -0.2) is 0 Å². The summed E-state index contributed by atoms with van der Waals surface area (Å²) >= 11 is 0. The summed E-state index contributed by atoms with van der Waals surface area (Å²) < 4.78 is 4.94. The van der Waals surface area contributed by atoms with Crippen LogP contribution in [0.15, 0.2) is 5.18 Å². The molecule has 2 rings (SSSR count). The van der Waals surface area contributed by atoms with Crippen LogP contribution in [-0.2, 0) is 4.74 Å². The van der Waals surface area contributed by atoms with Gasteiger partial charge in [0, 0.05) is 12.6 Å². The van der Waals surface area contributed by atoms with Crippen LogP contribution >= 0.6 is 0 Å². The predicted molar refractivity (Wildman–Crippen MR) is 81.5 cm³/mol. The Bertz CT molecular complexity index is 239. The summed E-state index contributed by atoms with van der Waals surface area (Å²) in [6.45, 7) is 13.0. The van der Waals surface area contributed by atoms with Crippen LogP contribution in [0.4, 0.5) is 0 Å². The molecule has 0 radical (unpaired) electrons. The van der Waals surface area contributed by atoms with E-state index in [0.717, 1.165) is 0 Å². The molecular formula is C15H32N2O2. The number of hydrogen-bond donors (Lipinski definition) is 0. The third-order valence-electron chi connectivity index (χ3n) is 3.78.